The molecule has 0 unspecified atom stereocenters. The summed E-state index contributed by atoms with van der Waals surface area (Å²) in [7, 11) is 1.39. The summed E-state index contributed by atoms with van der Waals surface area (Å²) in [6.07, 6.45) is 1.58. The largest absolute Gasteiger partial charge is 0.287 e. The van der Waals surface area contributed by atoms with E-state index in [1.165, 1.54) is 7.05 Å². The monoisotopic (exact) mass is 151 g/mol. The maximum Gasteiger partial charge on any atom is 0.170 e. The minimum Gasteiger partial charge on any atom is -0.287 e. The van der Waals surface area contributed by atoms with E-state index in [1.807, 2.05) is 0 Å². The predicted octanol–water partition coefficient (Wildman–Crippen LogP) is 0.728. The van der Waals surface area contributed by atoms with E-state index in [2.05, 4.69) is 4.98 Å². The molecule has 2 N–H and O–H groups in total. The number of hydrogen-bond acceptors (Lipinski definition) is 3. The molecular weight excluding hydrogens is 142 g/mol. The van der Waals surface area contributed by atoms with Crippen molar-refractivity contribution in [3.05, 3.63) is 30.1 Å². The molecule has 1 heterocycles. The molecule has 1 aromatic rings. The Bertz CT molecular complexity index is 245. The van der Waals surface area contributed by atoms with Crippen molar-refractivity contribution in [2.24, 2.45) is 0 Å². The van der Waals surface area contributed by atoms with E-state index in [-0.39, 0.29) is 5.84 Å². The Morgan fingerprint density at radius 1 is 1.64 bits per heavy atom. The standard InChI is InChI=1S/C7H9N3O/c1-10(11)7(8)6-4-2-3-5-9-6/h2-5,8,11H,1H3. The van der Waals surface area contributed by atoms with Crippen LogP contribution in [0.1, 0.15) is 5.69 Å². The third-order valence-corrected chi connectivity index (χ3v) is 1.23. The summed E-state index contributed by atoms with van der Waals surface area (Å²) in [6.45, 7) is 0. The Balaban J connectivity index is 2.86. The normalized spacial score (nSPS) is 9.27. The molecule has 0 aromatic carbocycles. The topological polar surface area (TPSA) is 60.2 Å². The van der Waals surface area contributed by atoms with Gasteiger partial charge >= 0.3 is 0 Å². The minimum absolute atomic E-state index is 0.00870. The van der Waals surface area contributed by atoms with Crippen molar-refractivity contribution in [1.82, 2.24) is 10.0 Å². The number of amidine groups is 1. The zero-order chi connectivity index (χ0) is 8.27. The molecule has 0 spiro atoms. The van der Waals surface area contributed by atoms with E-state index in [1.54, 1.807) is 24.4 Å². The summed E-state index contributed by atoms with van der Waals surface area (Å²) in [5, 5.41) is 16.9. The number of pyridine rings is 1. The van der Waals surface area contributed by atoms with Gasteiger partial charge in [-0.15, -0.1) is 0 Å². The van der Waals surface area contributed by atoms with Gasteiger partial charge in [0.1, 0.15) is 5.69 Å². The first-order valence-electron chi connectivity index (χ1n) is 3.14. The second-order valence-electron chi connectivity index (χ2n) is 2.09. The van der Waals surface area contributed by atoms with E-state index in [9.17, 15) is 0 Å². The Morgan fingerprint density at radius 2 is 2.36 bits per heavy atom. The van der Waals surface area contributed by atoms with Gasteiger partial charge in [-0.3, -0.25) is 15.6 Å². The van der Waals surface area contributed by atoms with Crippen LogP contribution in [-0.4, -0.2) is 28.1 Å². The van der Waals surface area contributed by atoms with Crippen LogP contribution < -0.4 is 0 Å². The van der Waals surface area contributed by atoms with E-state index in [0.717, 1.165) is 5.06 Å². The molecule has 1 aromatic heterocycles. The summed E-state index contributed by atoms with van der Waals surface area (Å²) < 4.78 is 0. The van der Waals surface area contributed by atoms with Gasteiger partial charge in [-0.1, -0.05) is 6.07 Å². The highest BCUT2D eigenvalue weighted by Crippen LogP contribution is 1.95. The molecule has 0 fully saturated rings. The molecule has 0 amide bonds. The second kappa shape index (κ2) is 3.12. The van der Waals surface area contributed by atoms with E-state index in [0.29, 0.717) is 5.69 Å². The van der Waals surface area contributed by atoms with Gasteiger partial charge in [0.15, 0.2) is 5.84 Å². The average Bonchev–Trinajstić information content (AvgIpc) is 2.05. The van der Waals surface area contributed by atoms with Crippen molar-refractivity contribution >= 4 is 5.84 Å². The second-order valence-corrected chi connectivity index (χ2v) is 2.09. The lowest BCUT2D eigenvalue weighted by atomic mass is 10.3. The quantitative estimate of drug-likeness (QED) is 0.353. The van der Waals surface area contributed by atoms with Gasteiger partial charge in [0.05, 0.1) is 0 Å². The first-order valence-corrected chi connectivity index (χ1v) is 3.14. The SMILES string of the molecule is CN(O)C(=N)c1ccccn1. The number of hydrogen-bond donors (Lipinski definition) is 2. The lowest BCUT2D eigenvalue weighted by Crippen LogP contribution is -2.23. The van der Waals surface area contributed by atoms with Crippen LogP contribution in [0, 0.1) is 5.41 Å². The zero-order valence-corrected chi connectivity index (χ0v) is 6.15. The van der Waals surface area contributed by atoms with Crippen LogP contribution >= 0.6 is 0 Å². The molecule has 0 bridgehead atoms. The van der Waals surface area contributed by atoms with E-state index >= 15 is 0 Å². The van der Waals surface area contributed by atoms with Crippen molar-refractivity contribution in [2.75, 3.05) is 7.05 Å². The molecule has 0 aliphatic heterocycles. The zero-order valence-electron chi connectivity index (χ0n) is 6.15. The molecule has 0 saturated heterocycles. The Kier molecular flexibility index (Phi) is 2.18. The highest BCUT2D eigenvalue weighted by molar-refractivity contribution is 5.93. The molecule has 0 atom stereocenters. The molecule has 1 rings (SSSR count). The fraction of sp³-hybridized carbons (Fsp3) is 0.143. The van der Waals surface area contributed by atoms with Crippen LogP contribution in [0.15, 0.2) is 24.4 Å². The van der Waals surface area contributed by atoms with Gasteiger partial charge in [-0.25, -0.2) is 5.06 Å². The van der Waals surface area contributed by atoms with Crippen LogP contribution in [0.5, 0.6) is 0 Å². The van der Waals surface area contributed by atoms with Gasteiger partial charge in [-0.05, 0) is 12.1 Å². The highest BCUT2D eigenvalue weighted by Gasteiger charge is 2.03. The van der Waals surface area contributed by atoms with Crippen LogP contribution in [0.2, 0.25) is 0 Å². The third-order valence-electron chi connectivity index (χ3n) is 1.23. The fourth-order valence-electron chi connectivity index (χ4n) is 0.669. The Hall–Kier alpha value is -1.42. The maximum absolute atomic E-state index is 8.84. The maximum atomic E-state index is 8.84. The summed E-state index contributed by atoms with van der Waals surface area (Å²) in [4.78, 5) is 3.87. The van der Waals surface area contributed by atoms with Gasteiger partial charge in [0.2, 0.25) is 0 Å². The molecule has 58 valence electrons. The van der Waals surface area contributed by atoms with Gasteiger partial charge in [0.25, 0.3) is 0 Å². The van der Waals surface area contributed by atoms with Crippen molar-refractivity contribution in [3.63, 3.8) is 0 Å². The molecular formula is C7H9N3O. The summed E-state index contributed by atoms with van der Waals surface area (Å²) in [6, 6.07) is 5.18. The fourth-order valence-corrected chi connectivity index (χ4v) is 0.669. The van der Waals surface area contributed by atoms with Crippen LogP contribution in [0.3, 0.4) is 0 Å². The summed E-state index contributed by atoms with van der Waals surface area (Å²) in [5.74, 6) is -0.00870. The van der Waals surface area contributed by atoms with E-state index in [4.69, 9.17) is 10.6 Å². The molecule has 4 heteroatoms. The molecule has 0 saturated carbocycles. The first kappa shape index (κ1) is 7.68. The minimum atomic E-state index is -0.00870. The molecule has 11 heavy (non-hydrogen) atoms. The Morgan fingerprint density at radius 3 is 2.82 bits per heavy atom. The summed E-state index contributed by atoms with van der Waals surface area (Å²) in [5.41, 5.74) is 0.456. The smallest absolute Gasteiger partial charge is 0.170 e. The molecule has 4 nitrogen and oxygen atoms in total. The van der Waals surface area contributed by atoms with Crippen molar-refractivity contribution in [2.45, 2.75) is 0 Å². The Labute approximate surface area is 64.6 Å². The number of nitrogens with zero attached hydrogens (tertiary/aromatic N) is 2. The lowest BCUT2D eigenvalue weighted by Gasteiger charge is -2.09. The molecule has 0 radical (unpaired) electrons. The van der Waals surface area contributed by atoms with Crippen molar-refractivity contribution in [3.8, 4) is 0 Å². The molecule has 0 aliphatic rings. The first-order chi connectivity index (χ1) is 5.22. The number of aromatic nitrogens is 1. The van der Waals surface area contributed by atoms with Gasteiger partial charge in [-0.2, -0.15) is 0 Å². The van der Waals surface area contributed by atoms with Gasteiger partial charge < -0.3 is 0 Å². The van der Waals surface area contributed by atoms with Crippen LogP contribution in [0.25, 0.3) is 0 Å². The predicted molar refractivity (Wildman–Crippen MR) is 40.6 cm³/mol. The average molecular weight is 151 g/mol. The number of hydroxylamine groups is 2. The molecule has 0 aliphatic carbocycles. The lowest BCUT2D eigenvalue weighted by molar-refractivity contribution is 0.0131. The van der Waals surface area contributed by atoms with Crippen molar-refractivity contribution in [1.29, 1.82) is 5.41 Å². The number of rotatable bonds is 1. The van der Waals surface area contributed by atoms with E-state index < -0.39 is 0 Å². The summed E-state index contributed by atoms with van der Waals surface area (Å²) >= 11 is 0. The third kappa shape index (κ3) is 1.75. The number of nitrogens with one attached hydrogen (secondary N) is 1. The van der Waals surface area contributed by atoms with Crippen LogP contribution in [-0.2, 0) is 0 Å². The van der Waals surface area contributed by atoms with Crippen LogP contribution in [0.4, 0.5) is 0 Å². The highest BCUT2D eigenvalue weighted by atomic mass is 16.5. The van der Waals surface area contributed by atoms with Gasteiger partial charge in [0, 0.05) is 13.2 Å². The van der Waals surface area contributed by atoms with Crippen molar-refractivity contribution < 1.29 is 5.21 Å².